The van der Waals surface area contributed by atoms with E-state index in [9.17, 15) is 9.59 Å². The number of ether oxygens (including phenoxy) is 2. The molecule has 0 saturated heterocycles. The molecule has 0 atom stereocenters. The van der Waals surface area contributed by atoms with Crippen LogP contribution in [-0.4, -0.2) is 36.9 Å². The Morgan fingerprint density at radius 1 is 1.07 bits per heavy atom. The lowest BCUT2D eigenvalue weighted by Gasteiger charge is -2.10. The Bertz CT molecular complexity index is 748. The zero-order valence-corrected chi connectivity index (χ0v) is 16.8. The van der Waals surface area contributed by atoms with Gasteiger partial charge in [-0.15, -0.1) is 11.8 Å². The van der Waals surface area contributed by atoms with Gasteiger partial charge >= 0.3 is 5.97 Å². The molecular formula is C20H22ClNO4S. The van der Waals surface area contributed by atoms with Crippen LogP contribution in [0.3, 0.4) is 0 Å². The lowest BCUT2D eigenvalue weighted by molar-refractivity contribution is -0.124. The van der Waals surface area contributed by atoms with Gasteiger partial charge in [-0.1, -0.05) is 11.6 Å². The third-order valence-electron chi connectivity index (χ3n) is 3.30. The summed E-state index contributed by atoms with van der Waals surface area (Å²) in [6, 6.07) is 14.1. The van der Waals surface area contributed by atoms with Crippen molar-refractivity contribution in [3.8, 4) is 5.75 Å². The number of amides is 1. The minimum atomic E-state index is -0.545. The van der Waals surface area contributed by atoms with Gasteiger partial charge in [-0.25, -0.2) is 4.79 Å². The standard InChI is InChI=1S/C20H22ClNO4S/c1-14(2)26-17-7-3-15(4-8-17)20(24)25-13-19(23)22-11-12-27-18-9-5-16(21)6-10-18/h3-10,14H,11-13H2,1-2H3,(H,22,23). The van der Waals surface area contributed by atoms with Crippen LogP contribution < -0.4 is 10.1 Å². The van der Waals surface area contributed by atoms with Crippen LogP contribution in [-0.2, 0) is 9.53 Å². The number of hydrogen-bond donors (Lipinski definition) is 1. The Morgan fingerprint density at radius 3 is 2.37 bits per heavy atom. The van der Waals surface area contributed by atoms with Crippen LogP contribution in [0.5, 0.6) is 5.75 Å². The molecule has 2 rings (SSSR count). The van der Waals surface area contributed by atoms with E-state index in [1.807, 2.05) is 38.1 Å². The topological polar surface area (TPSA) is 64.6 Å². The molecule has 0 heterocycles. The fourth-order valence-corrected chi connectivity index (χ4v) is 2.99. The molecular weight excluding hydrogens is 386 g/mol. The molecule has 7 heteroatoms. The van der Waals surface area contributed by atoms with Gasteiger partial charge in [0.15, 0.2) is 6.61 Å². The Balaban J connectivity index is 1.65. The van der Waals surface area contributed by atoms with Crippen molar-refractivity contribution < 1.29 is 19.1 Å². The highest BCUT2D eigenvalue weighted by molar-refractivity contribution is 7.99. The van der Waals surface area contributed by atoms with E-state index in [0.29, 0.717) is 28.6 Å². The van der Waals surface area contributed by atoms with E-state index >= 15 is 0 Å². The number of esters is 1. The van der Waals surface area contributed by atoms with E-state index in [2.05, 4.69) is 5.32 Å². The van der Waals surface area contributed by atoms with Crippen molar-refractivity contribution >= 4 is 35.2 Å². The van der Waals surface area contributed by atoms with Crippen molar-refractivity contribution in [3.63, 3.8) is 0 Å². The molecule has 0 spiro atoms. The van der Waals surface area contributed by atoms with Gasteiger partial charge in [0, 0.05) is 22.2 Å². The van der Waals surface area contributed by atoms with Crippen LogP contribution >= 0.6 is 23.4 Å². The first-order valence-electron chi connectivity index (χ1n) is 8.53. The molecule has 2 aromatic rings. The molecule has 0 aromatic heterocycles. The van der Waals surface area contributed by atoms with Crippen molar-refractivity contribution in [2.24, 2.45) is 0 Å². The second-order valence-corrected chi connectivity index (χ2v) is 7.52. The van der Waals surface area contributed by atoms with E-state index in [1.165, 1.54) is 0 Å². The summed E-state index contributed by atoms with van der Waals surface area (Å²) >= 11 is 7.44. The van der Waals surface area contributed by atoms with Gasteiger partial charge < -0.3 is 14.8 Å². The Labute approximate surface area is 168 Å². The number of halogens is 1. The zero-order valence-electron chi connectivity index (χ0n) is 15.2. The zero-order chi connectivity index (χ0) is 19.6. The summed E-state index contributed by atoms with van der Waals surface area (Å²) in [5.74, 6) is 0.507. The predicted octanol–water partition coefficient (Wildman–Crippen LogP) is 4.19. The maximum Gasteiger partial charge on any atom is 0.338 e. The van der Waals surface area contributed by atoms with Gasteiger partial charge in [0.1, 0.15) is 5.75 Å². The van der Waals surface area contributed by atoms with E-state index < -0.39 is 5.97 Å². The first-order valence-corrected chi connectivity index (χ1v) is 9.89. The highest BCUT2D eigenvalue weighted by Crippen LogP contribution is 2.19. The summed E-state index contributed by atoms with van der Waals surface area (Å²) in [4.78, 5) is 24.8. The summed E-state index contributed by atoms with van der Waals surface area (Å²) in [5.41, 5.74) is 0.372. The number of rotatable bonds is 9. The largest absolute Gasteiger partial charge is 0.491 e. The highest BCUT2D eigenvalue weighted by Gasteiger charge is 2.10. The lowest BCUT2D eigenvalue weighted by Crippen LogP contribution is -2.30. The van der Waals surface area contributed by atoms with Gasteiger partial charge in [0.2, 0.25) is 0 Å². The number of hydrogen-bond acceptors (Lipinski definition) is 5. The third-order valence-corrected chi connectivity index (χ3v) is 4.57. The van der Waals surface area contributed by atoms with E-state index in [-0.39, 0.29) is 18.6 Å². The van der Waals surface area contributed by atoms with Crippen LogP contribution in [0.15, 0.2) is 53.4 Å². The number of thioether (sulfide) groups is 1. The number of carbonyl (C=O) groups is 2. The average molecular weight is 408 g/mol. The smallest absolute Gasteiger partial charge is 0.338 e. The van der Waals surface area contributed by atoms with E-state index in [1.54, 1.807) is 36.0 Å². The molecule has 0 aliphatic carbocycles. The molecule has 1 amide bonds. The molecule has 1 N–H and O–H groups in total. The van der Waals surface area contributed by atoms with Crippen LogP contribution in [0, 0.1) is 0 Å². The van der Waals surface area contributed by atoms with Gasteiger partial charge in [-0.3, -0.25) is 4.79 Å². The molecule has 0 radical (unpaired) electrons. The van der Waals surface area contributed by atoms with Gasteiger partial charge in [0.25, 0.3) is 5.91 Å². The Hall–Kier alpha value is -2.18. The van der Waals surface area contributed by atoms with E-state index in [0.717, 1.165) is 4.90 Å². The molecule has 0 bridgehead atoms. The molecule has 5 nitrogen and oxygen atoms in total. The average Bonchev–Trinajstić information content (AvgIpc) is 2.65. The minimum absolute atomic E-state index is 0.0596. The van der Waals surface area contributed by atoms with Crippen molar-refractivity contribution in [2.75, 3.05) is 18.9 Å². The van der Waals surface area contributed by atoms with Crippen molar-refractivity contribution in [1.82, 2.24) is 5.32 Å². The number of nitrogens with one attached hydrogen (secondary N) is 1. The fraction of sp³-hybridized carbons (Fsp3) is 0.300. The Kier molecular flexibility index (Phi) is 8.48. The molecule has 2 aromatic carbocycles. The molecule has 0 saturated carbocycles. The molecule has 0 aliphatic heterocycles. The van der Waals surface area contributed by atoms with Crippen LogP contribution in [0.1, 0.15) is 24.2 Å². The quantitative estimate of drug-likeness (QED) is 0.383. The van der Waals surface area contributed by atoms with Crippen molar-refractivity contribution in [3.05, 3.63) is 59.1 Å². The van der Waals surface area contributed by atoms with Crippen LogP contribution in [0.2, 0.25) is 5.02 Å². The summed E-state index contributed by atoms with van der Waals surface area (Å²) in [6.45, 7) is 4.02. The summed E-state index contributed by atoms with van der Waals surface area (Å²) in [7, 11) is 0. The third kappa shape index (κ3) is 7.93. The van der Waals surface area contributed by atoms with Crippen LogP contribution in [0.4, 0.5) is 0 Å². The maximum absolute atomic E-state index is 12.0. The summed E-state index contributed by atoms with van der Waals surface area (Å²) < 4.78 is 10.5. The van der Waals surface area contributed by atoms with Crippen molar-refractivity contribution in [2.45, 2.75) is 24.8 Å². The highest BCUT2D eigenvalue weighted by atomic mass is 35.5. The second-order valence-electron chi connectivity index (χ2n) is 5.92. The van der Waals surface area contributed by atoms with Gasteiger partial charge in [-0.05, 0) is 62.4 Å². The number of carbonyl (C=O) groups excluding carboxylic acids is 2. The maximum atomic E-state index is 12.0. The number of benzene rings is 2. The fourth-order valence-electron chi connectivity index (χ4n) is 2.10. The second kappa shape index (κ2) is 10.8. The summed E-state index contributed by atoms with van der Waals surface area (Å²) in [5, 5.41) is 3.41. The molecule has 144 valence electrons. The first kappa shape index (κ1) is 21.1. The SMILES string of the molecule is CC(C)Oc1ccc(C(=O)OCC(=O)NCCSc2ccc(Cl)cc2)cc1. The molecule has 27 heavy (non-hydrogen) atoms. The van der Waals surface area contributed by atoms with Gasteiger partial charge in [-0.2, -0.15) is 0 Å². The molecule has 0 fully saturated rings. The Morgan fingerprint density at radius 2 is 1.74 bits per heavy atom. The first-order chi connectivity index (χ1) is 12.9. The molecule has 0 aliphatic rings. The van der Waals surface area contributed by atoms with Crippen LogP contribution in [0.25, 0.3) is 0 Å². The monoisotopic (exact) mass is 407 g/mol. The van der Waals surface area contributed by atoms with Crippen molar-refractivity contribution in [1.29, 1.82) is 0 Å². The predicted molar refractivity (Wildman–Crippen MR) is 108 cm³/mol. The lowest BCUT2D eigenvalue weighted by atomic mass is 10.2. The molecule has 0 unspecified atom stereocenters. The van der Waals surface area contributed by atoms with Gasteiger partial charge in [0.05, 0.1) is 11.7 Å². The minimum Gasteiger partial charge on any atom is -0.491 e. The van der Waals surface area contributed by atoms with E-state index in [4.69, 9.17) is 21.1 Å². The summed E-state index contributed by atoms with van der Waals surface area (Å²) in [6.07, 6.45) is 0.0596. The normalized spacial score (nSPS) is 10.5.